The van der Waals surface area contributed by atoms with Crippen LogP contribution in [0.5, 0.6) is 0 Å². The van der Waals surface area contributed by atoms with Crippen molar-refractivity contribution in [2.24, 2.45) is 11.7 Å². The van der Waals surface area contributed by atoms with Crippen molar-refractivity contribution in [1.82, 2.24) is 10.6 Å². The van der Waals surface area contributed by atoms with E-state index in [1.807, 2.05) is 19.9 Å². The molecule has 2 amide bonds. The summed E-state index contributed by atoms with van der Waals surface area (Å²) < 4.78 is 0. The first-order valence-electron chi connectivity index (χ1n) is 7.60. The molecule has 7 heteroatoms. The molecule has 2 rings (SSSR count). The van der Waals surface area contributed by atoms with Crippen LogP contribution in [0.1, 0.15) is 37.4 Å². The lowest BCUT2D eigenvalue weighted by atomic mass is 10.1. The zero-order valence-corrected chi connectivity index (χ0v) is 14.7. The zero-order chi connectivity index (χ0) is 17.1. The maximum atomic E-state index is 12.0. The van der Waals surface area contributed by atoms with Crippen molar-refractivity contribution in [2.75, 3.05) is 6.54 Å². The molecule has 0 saturated heterocycles. The molecule has 5 nitrogen and oxygen atoms in total. The zero-order valence-electron chi connectivity index (χ0n) is 13.2. The van der Waals surface area contributed by atoms with E-state index >= 15 is 0 Å². The van der Waals surface area contributed by atoms with Crippen LogP contribution >= 0.6 is 23.2 Å². The first kappa shape index (κ1) is 18.0. The second kappa shape index (κ2) is 7.51. The van der Waals surface area contributed by atoms with Crippen LogP contribution < -0.4 is 16.4 Å². The van der Waals surface area contributed by atoms with Gasteiger partial charge in [0, 0.05) is 0 Å². The molecule has 0 radical (unpaired) electrons. The van der Waals surface area contributed by atoms with Crippen molar-refractivity contribution < 1.29 is 9.59 Å². The highest BCUT2D eigenvalue weighted by Crippen LogP contribution is 2.38. The van der Waals surface area contributed by atoms with E-state index in [-0.39, 0.29) is 30.3 Å². The fourth-order valence-corrected chi connectivity index (χ4v) is 3.06. The molecule has 2 atom stereocenters. The summed E-state index contributed by atoms with van der Waals surface area (Å²) >= 11 is 12.2. The summed E-state index contributed by atoms with van der Waals surface area (Å²) in [6.07, 6.45) is 1.53. The molecule has 0 aliphatic heterocycles. The van der Waals surface area contributed by atoms with E-state index in [9.17, 15) is 9.59 Å². The lowest BCUT2D eigenvalue weighted by Gasteiger charge is -2.17. The molecular formula is C16H21Cl2N3O2. The number of nitrogens with one attached hydrogen (secondary N) is 2. The molecule has 4 N–H and O–H groups in total. The monoisotopic (exact) mass is 357 g/mol. The first-order valence-corrected chi connectivity index (χ1v) is 8.36. The largest absolute Gasteiger partial charge is 0.348 e. The number of halogens is 2. The third-order valence-electron chi connectivity index (χ3n) is 4.07. The lowest BCUT2D eigenvalue weighted by molar-refractivity contribution is -0.127. The van der Waals surface area contributed by atoms with E-state index in [0.29, 0.717) is 10.0 Å². The van der Waals surface area contributed by atoms with Crippen LogP contribution in [0.4, 0.5) is 0 Å². The van der Waals surface area contributed by atoms with Crippen molar-refractivity contribution in [2.45, 2.75) is 38.8 Å². The van der Waals surface area contributed by atoms with Crippen LogP contribution in [0.2, 0.25) is 10.0 Å². The van der Waals surface area contributed by atoms with E-state index < -0.39 is 6.04 Å². The highest BCUT2D eigenvalue weighted by Gasteiger charge is 2.27. The third-order valence-corrected chi connectivity index (χ3v) is 4.91. The van der Waals surface area contributed by atoms with E-state index in [1.165, 1.54) is 0 Å². The van der Waals surface area contributed by atoms with Crippen LogP contribution in [-0.2, 0) is 16.0 Å². The molecule has 1 unspecified atom stereocenters. The highest BCUT2D eigenvalue weighted by molar-refractivity contribution is 6.42. The van der Waals surface area contributed by atoms with Gasteiger partial charge < -0.3 is 16.4 Å². The number of carbonyl (C=O) groups is 2. The molecule has 0 aromatic heterocycles. The Bertz CT molecular complexity index is 620. The molecule has 0 saturated carbocycles. The Hall–Kier alpha value is -1.30. The average molecular weight is 358 g/mol. The van der Waals surface area contributed by atoms with Gasteiger partial charge in [0.15, 0.2) is 0 Å². The quantitative estimate of drug-likeness (QED) is 0.755. The van der Waals surface area contributed by atoms with Crippen LogP contribution in [0.25, 0.3) is 0 Å². The second-order valence-electron chi connectivity index (χ2n) is 6.08. The summed E-state index contributed by atoms with van der Waals surface area (Å²) in [7, 11) is 0. The maximum absolute atomic E-state index is 12.0. The summed E-state index contributed by atoms with van der Waals surface area (Å²) in [6, 6.07) is 2.89. The number of fused-ring (bicyclic) bond motifs is 1. The highest BCUT2D eigenvalue weighted by atomic mass is 35.5. The number of carbonyl (C=O) groups excluding carboxylic acids is 2. The Labute approximate surface area is 145 Å². The van der Waals surface area contributed by atoms with Gasteiger partial charge in [0.2, 0.25) is 11.8 Å². The van der Waals surface area contributed by atoms with E-state index in [4.69, 9.17) is 28.9 Å². The molecule has 0 heterocycles. The molecule has 23 heavy (non-hydrogen) atoms. The van der Waals surface area contributed by atoms with E-state index in [0.717, 1.165) is 24.0 Å². The minimum absolute atomic E-state index is 0.0201. The molecule has 0 bridgehead atoms. The van der Waals surface area contributed by atoms with Gasteiger partial charge >= 0.3 is 0 Å². The Kier molecular flexibility index (Phi) is 5.89. The minimum Gasteiger partial charge on any atom is -0.348 e. The third kappa shape index (κ3) is 4.16. The number of nitrogens with two attached hydrogens (primary N) is 1. The van der Waals surface area contributed by atoms with Gasteiger partial charge in [0.05, 0.1) is 28.7 Å². The van der Waals surface area contributed by atoms with Crippen molar-refractivity contribution in [3.63, 3.8) is 0 Å². The van der Waals surface area contributed by atoms with Crippen LogP contribution in [0.3, 0.4) is 0 Å². The van der Waals surface area contributed by atoms with Gasteiger partial charge in [-0.05, 0) is 36.0 Å². The fraction of sp³-hybridized carbons (Fsp3) is 0.500. The summed E-state index contributed by atoms with van der Waals surface area (Å²) in [4.78, 5) is 23.8. The normalized spacial score (nSPS) is 17.7. The second-order valence-corrected chi connectivity index (χ2v) is 6.86. The van der Waals surface area contributed by atoms with Gasteiger partial charge in [-0.15, -0.1) is 0 Å². The van der Waals surface area contributed by atoms with Gasteiger partial charge in [-0.2, -0.15) is 0 Å². The topological polar surface area (TPSA) is 84.2 Å². The number of benzene rings is 1. The Morgan fingerprint density at radius 2 is 2.04 bits per heavy atom. The standard InChI is InChI=1S/C16H21Cl2N3O2/c1-8(2)15(19)16(23)20-7-13(22)21-12-6-4-10-9(12)3-5-11(17)14(10)18/h3,5,8,12,15H,4,6-7,19H2,1-2H3,(H,20,23)(H,21,22)/t12?,15-/m0/s1. The van der Waals surface area contributed by atoms with Gasteiger partial charge in [-0.1, -0.05) is 43.1 Å². The van der Waals surface area contributed by atoms with Crippen LogP contribution in [0.15, 0.2) is 12.1 Å². The Morgan fingerprint density at radius 3 is 2.70 bits per heavy atom. The van der Waals surface area contributed by atoms with Crippen LogP contribution in [-0.4, -0.2) is 24.4 Å². The molecule has 1 aromatic carbocycles. The Morgan fingerprint density at radius 1 is 1.35 bits per heavy atom. The molecule has 1 aliphatic rings. The fourth-order valence-electron chi connectivity index (χ4n) is 2.62. The number of hydrogen-bond acceptors (Lipinski definition) is 3. The predicted molar refractivity (Wildman–Crippen MR) is 91.5 cm³/mol. The number of hydrogen-bond donors (Lipinski definition) is 3. The average Bonchev–Trinajstić information content (AvgIpc) is 2.91. The number of rotatable bonds is 5. The molecule has 126 valence electrons. The predicted octanol–water partition coefficient (Wildman–Crippen LogP) is 2.20. The van der Waals surface area contributed by atoms with Crippen molar-refractivity contribution in [3.05, 3.63) is 33.3 Å². The molecule has 0 spiro atoms. The first-order chi connectivity index (χ1) is 10.8. The van der Waals surface area contributed by atoms with Gasteiger partial charge in [-0.25, -0.2) is 0 Å². The van der Waals surface area contributed by atoms with E-state index in [2.05, 4.69) is 10.6 Å². The van der Waals surface area contributed by atoms with E-state index in [1.54, 1.807) is 6.07 Å². The summed E-state index contributed by atoms with van der Waals surface area (Å²) in [6.45, 7) is 3.62. The van der Waals surface area contributed by atoms with Crippen LogP contribution in [0, 0.1) is 5.92 Å². The number of amides is 2. The van der Waals surface area contributed by atoms with Crippen molar-refractivity contribution >= 4 is 35.0 Å². The van der Waals surface area contributed by atoms with Gasteiger partial charge in [0.1, 0.15) is 0 Å². The molecular weight excluding hydrogens is 337 g/mol. The molecule has 0 fully saturated rings. The van der Waals surface area contributed by atoms with Gasteiger partial charge in [-0.3, -0.25) is 9.59 Å². The Balaban J connectivity index is 1.91. The summed E-state index contributed by atoms with van der Waals surface area (Å²) in [5.74, 6) is -0.554. The SMILES string of the molecule is CC(C)[C@H](N)C(=O)NCC(=O)NC1CCc2c1ccc(Cl)c2Cl. The maximum Gasteiger partial charge on any atom is 0.239 e. The minimum atomic E-state index is -0.615. The molecule has 1 aromatic rings. The smallest absolute Gasteiger partial charge is 0.239 e. The lowest BCUT2D eigenvalue weighted by Crippen LogP contribution is -2.47. The summed E-state index contributed by atoms with van der Waals surface area (Å²) in [5.41, 5.74) is 7.70. The summed E-state index contributed by atoms with van der Waals surface area (Å²) in [5, 5.41) is 6.54. The van der Waals surface area contributed by atoms with Crippen molar-refractivity contribution in [3.8, 4) is 0 Å². The molecule has 1 aliphatic carbocycles. The van der Waals surface area contributed by atoms with Crippen molar-refractivity contribution in [1.29, 1.82) is 0 Å². The van der Waals surface area contributed by atoms with Gasteiger partial charge in [0.25, 0.3) is 0 Å².